The Morgan fingerprint density at radius 1 is 1.42 bits per heavy atom. The van der Waals surface area contributed by atoms with E-state index in [0.717, 1.165) is 12.1 Å². The van der Waals surface area contributed by atoms with Gasteiger partial charge in [0.15, 0.2) is 0 Å². The van der Waals surface area contributed by atoms with Gasteiger partial charge in [-0.1, -0.05) is 18.2 Å². The summed E-state index contributed by atoms with van der Waals surface area (Å²) in [6, 6.07) is 5.85. The molecule has 0 bridgehead atoms. The highest BCUT2D eigenvalue weighted by Gasteiger charge is 1.81. The van der Waals surface area contributed by atoms with Crippen LogP contribution in [0.4, 0.5) is 0 Å². The van der Waals surface area contributed by atoms with Crippen LogP contribution in [-0.4, -0.2) is 4.98 Å². The molecule has 0 spiro atoms. The molecule has 0 atom stereocenters. The Balaban J connectivity index is 0.00000121. The molecule has 0 saturated carbocycles. The predicted octanol–water partition coefficient (Wildman–Crippen LogP) is 3.09. The molecule has 0 aromatic carbocycles. The summed E-state index contributed by atoms with van der Waals surface area (Å²) in [6.45, 7) is 3.62. The van der Waals surface area contributed by atoms with Crippen molar-refractivity contribution in [3.05, 3.63) is 48.8 Å². The number of nitrogens with zero attached hydrogens (tertiary/aromatic N) is 1. The zero-order valence-corrected chi connectivity index (χ0v) is 7.63. The fourth-order valence-electron chi connectivity index (χ4n) is 0.760. The summed E-state index contributed by atoms with van der Waals surface area (Å²) >= 11 is 0. The molecule has 1 nitrogen and oxygen atoms in total. The van der Waals surface area contributed by atoms with Crippen LogP contribution in [0.25, 0.3) is 6.08 Å². The van der Waals surface area contributed by atoms with E-state index in [-0.39, 0.29) is 12.4 Å². The largest absolute Gasteiger partial charge is 0.257 e. The van der Waals surface area contributed by atoms with Gasteiger partial charge in [0, 0.05) is 6.20 Å². The minimum atomic E-state index is 0. The summed E-state index contributed by atoms with van der Waals surface area (Å²) in [5, 5.41) is 0. The van der Waals surface area contributed by atoms with Crippen LogP contribution in [0.15, 0.2) is 43.1 Å². The molecule has 1 aromatic rings. The molecular weight excluding hydrogens is 170 g/mol. The molecule has 0 radical (unpaired) electrons. The van der Waals surface area contributed by atoms with E-state index in [1.165, 1.54) is 0 Å². The van der Waals surface area contributed by atoms with E-state index >= 15 is 0 Å². The average Bonchev–Trinajstić information content (AvgIpc) is 2.07. The first kappa shape index (κ1) is 10.9. The molecule has 2 heteroatoms. The zero-order chi connectivity index (χ0) is 7.94. The van der Waals surface area contributed by atoms with E-state index in [4.69, 9.17) is 0 Å². The molecule has 1 rings (SSSR count). The maximum atomic E-state index is 4.13. The van der Waals surface area contributed by atoms with Crippen molar-refractivity contribution in [1.29, 1.82) is 0 Å². The van der Waals surface area contributed by atoms with Crippen LogP contribution < -0.4 is 0 Å². The van der Waals surface area contributed by atoms with Crippen LogP contribution in [-0.2, 0) is 0 Å². The van der Waals surface area contributed by atoms with Crippen LogP contribution in [0.2, 0.25) is 0 Å². The molecule has 64 valence electrons. The van der Waals surface area contributed by atoms with Crippen LogP contribution >= 0.6 is 12.4 Å². The fourth-order valence-corrected chi connectivity index (χ4v) is 0.760. The minimum Gasteiger partial charge on any atom is -0.257 e. The van der Waals surface area contributed by atoms with E-state index in [0.29, 0.717) is 0 Å². The highest BCUT2D eigenvalue weighted by molar-refractivity contribution is 5.85. The predicted molar refractivity (Wildman–Crippen MR) is 55.3 cm³/mol. The van der Waals surface area contributed by atoms with Gasteiger partial charge in [0.2, 0.25) is 0 Å². The van der Waals surface area contributed by atoms with E-state index in [1.807, 2.05) is 36.4 Å². The second kappa shape index (κ2) is 6.62. The lowest BCUT2D eigenvalue weighted by atomic mass is 10.3. The molecule has 0 aliphatic heterocycles. The van der Waals surface area contributed by atoms with Crippen molar-refractivity contribution < 1.29 is 0 Å². The topological polar surface area (TPSA) is 12.9 Å². The molecule has 0 fully saturated rings. The summed E-state index contributed by atoms with van der Waals surface area (Å²) in [5.41, 5.74) is 0.995. The molecule has 12 heavy (non-hydrogen) atoms. The van der Waals surface area contributed by atoms with Gasteiger partial charge < -0.3 is 0 Å². The second-order valence-electron chi connectivity index (χ2n) is 2.18. The Hall–Kier alpha value is -1.08. The summed E-state index contributed by atoms with van der Waals surface area (Å²) in [4.78, 5) is 4.13. The lowest BCUT2D eigenvalue weighted by molar-refractivity contribution is 1.29. The third kappa shape index (κ3) is 3.94. The molecule has 0 aliphatic carbocycles. The lowest BCUT2D eigenvalue weighted by Crippen LogP contribution is -1.75. The quantitative estimate of drug-likeness (QED) is 0.654. The number of halogens is 1. The first-order chi connectivity index (χ1) is 5.43. The highest BCUT2D eigenvalue weighted by atomic mass is 35.5. The van der Waals surface area contributed by atoms with E-state index < -0.39 is 0 Å². The highest BCUT2D eigenvalue weighted by Crippen LogP contribution is 1.97. The van der Waals surface area contributed by atoms with Crippen LogP contribution in [0, 0.1) is 0 Å². The van der Waals surface area contributed by atoms with Crippen LogP contribution in [0.5, 0.6) is 0 Å². The Kier molecular flexibility index (Phi) is 6.02. The molecule has 0 N–H and O–H groups in total. The number of pyridine rings is 1. The number of rotatable bonds is 3. The standard InChI is InChI=1S/C10H11N.ClH/c1-2-3-4-7-10-8-5-6-9-11-10;/h2,4-9H,1,3H2;1H. The smallest absolute Gasteiger partial charge is 0.0626 e. The van der Waals surface area contributed by atoms with Crippen LogP contribution in [0.3, 0.4) is 0 Å². The van der Waals surface area contributed by atoms with Crippen molar-refractivity contribution in [3.63, 3.8) is 0 Å². The van der Waals surface area contributed by atoms with Crippen molar-refractivity contribution in [3.8, 4) is 0 Å². The maximum Gasteiger partial charge on any atom is 0.0626 e. The number of allylic oxidation sites excluding steroid dienone is 2. The molecule has 0 unspecified atom stereocenters. The molecule has 0 saturated heterocycles. The zero-order valence-electron chi connectivity index (χ0n) is 6.81. The minimum absolute atomic E-state index is 0. The first-order valence-electron chi connectivity index (χ1n) is 3.62. The Bertz CT molecular complexity index is 241. The summed E-state index contributed by atoms with van der Waals surface area (Å²) in [6.07, 6.45) is 8.57. The molecule has 1 aromatic heterocycles. The van der Waals surface area contributed by atoms with Crippen molar-refractivity contribution in [1.82, 2.24) is 4.98 Å². The second-order valence-corrected chi connectivity index (χ2v) is 2.18. The van der Waals surface area contributed by atoms with Gasteiger partial charge in [0.05, 0.1) is 5.69 Å². The maximum absolute atomic E-state index is 4.13. The van der Waals surface area contributed by atoms with Gasteiger partial charge in [-0.25, -0.2) is 0 Å². The Morgan fingerprint density at radius 2 is 2.25 bits per heavy atom. The summed E-state index contributed by atoms with van der Waals surface area (Å²) < 4.78 is 0. The van der Waals surface area contributed by atoms with Crippen molar-refractivity contribution >= 4 is 18.5 Å². The van der Waals surface area contributed by atoms with Gasteiger partial charge in [0.25, 0.3) is 0 Å². The molecule has 0 aliphatic rings. The first-order valence-corrected chi connectivity index (χ1v) is 3.62. The van der Waals surface area contributed by atoms with Gasteiger partial charge in [-0.2, -0.15) is 0 Å². The van der Waals surface area contributed by atoms with E-state index in [9.17, 15) is 0 Å². The van der Waals surface area contributed by atoms with Gasteiger partial charge in [-0.15, -0.1) is 19.0 Å². The molecular formula is C10H12ClN. The normalized spacial score (nSPS) is 9.33. The Morgan fingerprint density at radius 3 is 2.83 bits per heavy atom. The summed E-state index contributed by atoms with van der Waals surface area (Å²) in [7, 11) is 0. The van der Waals surface area contributed by atoms with Gasteiger partial charge in [-0.05, 0) is 24.6 Å². The van der Waals surface area contributed by atoms with Gasteiger partial charge in [-0.3, -0.25) is 4.98 Å². The number of hydrogen-bond acceptors (Lipinski definition) is 1. The van der Waals surface area contributed by atoms with Crippen molar-refractivity contribution in [2.45, 2.75) is 6.42 Å². The summed E-state index contributed by atoms with van der Waals surface area (Å²) in [5.74, 6) is 0. The molecule has 1 heterocycles. The third-order valence-electron chi connectivity index (χ3n) is 1.28. The lowest BCUT2D eigenvalue weighted by Gasteiger charge is -1.87. The van der Waals surface area contributed by atoms with E-state index in [1.54, 1.807) is 6.20 Å². The average molecular weight is 182 g/mol. The van der Waals surface area contributed by atoms with Crippen molar-refractivity contribution in [2.24, 2.45) is 0 Å². The fraction of sp³-hybridized carbons (Fsp3) is 0.100. The van der Waals surface area contributed by atoms with E-state index in [2.05, 4.69) is 11.6 Å². The SMILES string of the molecule is C=CCC=Cc1ccccn1.Cl. The van der Waals surface area contributed by atoms with Gasteiger partial charge >= 0.3 is 0 Å². The number of aromatic nitrogens is 1. The Labute approximate surface area is 79.2 Å². The molecule has 0 amide bonds. The third-order valence-corrected chi connectivity index (χ3v) is 1.28. The van der Waals surface area contributed by atoms with Crippen molar-refractivity contribution in [2.75, 3.05) is 0 Å². The van der Waals surface area contributed by atoms with Crippen LogP contribution in [0.1, 0.15) is 12.1 Å². The monoisotopic (exact) mass is 181 g/mol. The number of hydrogen-bond donors (Lipinski definition) is 0. The van der Waals surface area contributed by atoms with Gasteiger partial charge in [0.1, 0.15) is 0 Å².